The first-order valence-corrected chi connectivity index (χ1v) is 10.6. The van der Waals surface area contributed by atoms with Crippen LogP contribution >= 0.6 is 56.9 Å². The molecule has 9 heteroatoms. The van der Waals surface area contributed by atoms with Crippen LogP contribution in [0.1, 0.15) is 19.4 Å². The minimum Gasteiger partial charge on any atom is -0.495 e. The smallest absolute Gasteiger partial charge is 0.326 e. The van der Waals surface area contributed by atoms with Crippen molar-refractivity contribution < 1.29 is 23.9 Å². The number of methoxy groups -OCH3 is 1. The second-order valence-electron chi connectivity index (χ2n) is 5.85. The molecule has 0 saturated carbocycles. The summed E-state index contributed by atoms with van der Waals surface area (Å²) in [5.74, 6) is -0.278. The number of carbonyl (C=O) groups excluding carboxylic acids is 3. The summed E-state index contributed by atoms with van der Waals surface area (Å²) in [6.07, 6.45) is 1.62. The number of carbonyl (C=O) groups is 3. The van der Waals surface area contributed by atoms with Gasteiger partial charge in [-0.15, -0.1) is 0 Å². The summed E-state index contributed by atoms with van der Waals surface area (Å²) >= 11 is 5.13. The number of amides is 2. The summed E-state index contributed by atoms with van der Waals surface area (Å²) in [5, 5.41) is -0.484. The average molecular weight is 601 g/mol. The minimum atomic E-state index is -0.594. The highest BCUT2D eigenvalue weighted by Crippen LogP contribution is 2.36. The first-order valence-electron chi connectivity index (χ1n) is 7.67. The van der Waals surface area contributed by atoms with Crippen molar-refractivity contribution in [2.75, 3.05) is 20.3 Å². The summed E-state index contributed by atoms with van der Waals surface area (Å²) in [6.45, 7) is 3.69. The van der Waals surface area contributed by atoms with Gasteiger partial charge in [-0.05, 0) is 81.1 Å². The number of halogens is 2. The number of thioether (sulfide) groups is 1. The van der Waals surface area contributed by atoms with E-state index in [0.717, 1.165) is 23.8 Å². The van der Waals surface area contributed by atoms with Gasteiger partial charge < -0.3 is 9.47 Å². The van der Waals surface area contributed by atoms with Gasteiger partial charge in [0, 0.05) is 9.13 Å². The molecule has 0 atom stereocenters. The molecule has 1 fully saturated rings. The van der Waals surface area contributed by atoms with E-state index in [0.29, 0.717) is 11.3 Å². The van der Waals surface area contributed by atoms with Gasteiger partial charge in [-0.3, -0.25) is 19.3 Å². The predicted octanol–water partition coefficient (Wildman–Crippen LogP) is 4.14. The van der Waals surface area contributed by atoms with Gasteiger partial charge in [0.05, 0.1) is 22.2 Å². The Morgan fingerprint density at radius 2 is 2.00 bits per heavy atom. The molecule has 0 aromatic heterocycles. The van der Waals surface area contributed by atoms with Crippen LogP contribution in [0.2, 0.25) is 0 Å². The van der Waals surface area contributed by atoms with Gasteiger partial charge in [0.1, 0.15) is 12.3 Å². The Bertz CT molecular complexity index is 779. The zero-order chi connectivity index (χ0) is 19.4. The fraction of sp³-hybridized carbons (Fsp3) is 0.353. The lowest BCUT2D eigenvalue weighted by Gasteiger charge is -2.13. The average Bonchev–Trinajstić information content (AvgIpc) is 2.80. The molecular formula is C17H17I2NO5S. The van der Waals surface area contributed by atoms with E-state index in [4.69, 9.17) is 9.47 Å². The topological polar surface area (TPSA) is 72.9 Å². The second-order valence-corrected chi connectivity index (χ2v) is 9.26. The van der Waals surface area contributed by atoms with Crippen LogP contribution < -0.4 is 4.74 Å². The molecule has 0 N–H and O–H groups in total. The normalized spacial score (nSPS) is 15.9. The molecule has 6 nitrogen and oxygen atoms in total. The largest absolute Gasteiger partial charge is 0.495 e. The maximum Gasteiger partial charge on any atom is 0.326 e. The van der Waals surface area contributed by atoms with Crippen LogP contribution in [0.3, 0.4) is 0 Å². The van der Waals surface area contributed by atoms with E-state index < -0.39 is 17.1 Å². The molecule has 2 rings (SSSR count). The van der Waals surface area contributed by atoms with Crippen LogP contribution in [-0.4, -0.2) is 42.3 Å². The monoisotopic (exact) mass is 601 g/mol. The van der Waals surface area contributed by atoms with E-state index >= 15 is 0 Å². The van der Waals surface area contributed by atoms with Crippen LogP contribution in [0.15, 0.2) is 17.0 Å². The van der Waals surface area contributed by atoms with Crippen molar-refractivity contribution in [2.45, 2.75) is 13.8 Å². The molecule has 26 heavy (non-hydrogen) atoms. The van der Waals surface area contributed by atoms with Gasteiger partial charge in [-0.25, -0.2) is 0 Å². The van der Waals surface area contributed by atoms with Crippen LogP contribution in [0.5, 0.6) is 5.75 Å². The highest BCUT2D eigenvalue weighted by Gasteiger charge is 2.37. The number of ether oxygens (including phenoxy) is 2. The number of hydrogen-bond acceptors (Lipinski definition) is 6. The van der Waals surface area contributed by atoms with E-state index in [1.807, 2.05) is 26.0 Å². The molecule has 0 aliphatic carbocycles. The summed E-state index contributed by atoms with van der Waals surface area (Å²) in [6, 6.07) is 3.82. The Labute approximate surface area is 183 Å². The van der Waals surface area contributed by atoms with E-state index in [1.165, 1.54) is 0 Å². The van der Waals surface area contributed by atoms with Crippen molar-refractivity contribution in [3.63, 3.8) is 0 Å². The maximum absolute atomic E-state index is 12.5. The molecule has 1 aromatic rings. The van der Waals surface area contributed by atoms with Crippen molar-refractivity contribution in [3.05, 3.63) is 29.7 Å². The first kappa shape index (κ1) is 21.5. The quantitative estimate of drug-likeness (QED) is 0.278. The Morgan fingerprint density at radius 3 is 2.62 bits per heavy atom. The molecule has 1 aliphatic rings. The fourth-order valence-electron chi connectivity index (χ4n) is 2.11. The predicted molar refractivity (Wildman–Crippen MR) is 117 cm³/mol. The van der Waals surface area contributed by atoms with Crippen molar-refractivity contribution in [1.29, 1.82) is 0 Å². The molecule has 1 saturated heterocycles. The van der Waals surface area contributed by atoms with Crippen molar-refractivity contribution in [2.24, 2.45) is 5.92 Å². The zero-order valence-corrected chi connectivity index (χ0v) is 19.5. The number of imide groups is 1. The third-order valence-electron chi connectivity index (χ3n) is 3.27. The lowest BCUT2D eigenvalue weighted by molar-refractivity contribution is -0.147. The molecule has 0 bridgehead atoms. The molecule has 0 spiro atoms. The van der Waals surface area contributed by atoms with Gasteiger partial charge in [0.25, 0.3) is 11.1 Å². The van der Waals surface area contributed by atoms with Crippen LogP contribution in [-0.2, 0) is 14.3 Å². The van der Waals surface area contributed by atoms with Crippen molar-refractivity contribution in [1.82, 2.24) is 4.90 Å². The van der Waals surface area contributed by atoms with Gasteiger partial charge in [-0.2, -0.15) is 0 Å². The zero-order valence-electron chi connectivity index (χ0n) is 14.4. The van der Waals surface area contributed by atoms with Crippen LogP contribution in [0.25, 0.3) is 6.08 Å². The summed E-state index contributed by atoms with van der Waals surface area (Å²) in [5.41, 5.74) is 0.705. The van der Waals surface area contributed by atoms with E-state index in [1.54, 1.807) is 13.2 Å². The third kappa shape index (κ3) is 5.35. The SMILES string of the molecule is COc1c(I)cc(I)cc1/C=C1/SC(=O)N(CC(=O)OCC(C)C)C1=O. The van der Waals surface area contributed by atoms with E-state index in [2.05, 4.69) is 45.2 Å². The molecule has 0 radical (unpaired) electrons. The van der Waals surface area contributed by atoms with Crippen molar-refractivity contribution in [3.8, 4) is 5.75 Å². The molecule has 1 aliphatic heterocycles. The number of esters is 1. The minimum absolute atomic E-state index is 0.184. The number of benzene rings is 1. The molecular weight excluding hydrogens is 584 g/mol. The number of hydrogen-bond donors (Lipinski definition) is 0. The molecule has 0 unspecified atom stereocenters. The fourth-order valence-corrected chi connectivity index (χ4v) is 5.05. The molecule has 1 aromatic carbocycles. The maximum atomic E-state index is 12.5. The standard InChI is InChI=1S/C17H17I2NO5S/c1-9(2)8-25-14(21)7-20-16(22)13(26-17(20)23)5-10-4-11(18)6-12(19)15(10)24-3/h4-6,9H,7-8H2,1-3H3/b13-5+. The van der Waals surface area contributed by atoms with Crippen molar-refractivity contribution >= 4 is 80.1 Å². The highest BCUT2D eigenvalue weighted by molar-refractivity contribution is 14.1. The first-order chi connectivity index (χ1) is 12.2. The summed E-state index contributed by atoms with van der Waals surface area (Å²) in [4.78, 5) is 37.6. The summed E-state index contributed by atoms with van der Waals surface area (Å²) < 4.78 is 12.3. The Balaban J connectivity index is 2.21. The lowest BCUT2D eigenvalue weighted by atomic mass is 10.2. The number of nitrogens with zero attached hydrogens (tertiary/aromatic N) is 1. The van der Waals surface area contributed by atoms with Gasteiger partial charge in [0.15, 0.2) is 0 Å². The Kier molecular flexibility index (Phi) is 7.76. The van der Waals surface area contributed by atoms with E-state index in [-0.39, 0.29) is 24.0 Å². The summed E-state index contributed by atoms with van der Waals surface area (Å²) in [7, 11) is 1.55. The third-order valence-corrected chi connectivity index (χ3v) is 5.60. The van der Waals surface area contributed by atoms with E-state index in [9.17, 15) is 14.4 Å². The van der Waals surface area contributed by atoms with Gasteiger partial charge >= 0.3 is 5.97 Å². The highest BCUT2D eigenvalue weighted by atomic mass is 127. The molecule has 140 valence electrons. The lowest BCUT2D eigenvalue weighted by Crippen LogP contribution is -2.34. The van der Waals surface area contributed by atoms with Gasteiger partial charge in [0.2, 0.25) is 0 Å². The van der Waals surface area contributed by atoms with Crippen LogP contribution in [0, 0.1) is 13.1 Å². The molecule has 1 heterocycles. The molecule has 2 amide bonds. The Hall–Kier alpha value is -0.820. The van der Waals surface area contributed by atoms with Crippen LogP contribution in [0.4, 0.5) is 4.79 Å². The van der Waals surface area contributed by atoms with Gasteiger partial charge in [-0.1, -0.05) is 13.8 Å². The second kappa shape index (κ2) is 9.40. The Morgan fingerprint density at radius 1 is 1.31 bits per heavy atom. The number of rotatable bonds is 6.